The molecule has 0 aliphatic heterocycles. The lowest BCUT2D eigenvalue weighted by molar-refractivity contribution is -0.128. The molecule has 5 heteroatoms. The van der Waals surface area contributed by atoms with Gasteiger partial charge >= 0.3 is 0 Å². The van der Waals surface area contributed by atoms with Gasteiger partial charge in [0.1, 0.15) is 5.65 Å². The highest BCUT2D eigenvalue weighted by Gasteiger charge is 2.18. The Morgan fingerprint density at radius 1 is 1.04 bits per heavy atom. The molecule has 0 aliphatic carbocycles. The molecule has 2 aromatic heterocycles. The van der Waals surface area contributed by atoms with Crippen LogP contribution in [0.2, 0.25) is 0 Å². The largest absolute Gasteiger partial charge is 0.348 e. The summed E-state index contributed by atoms with van der Waals surface area (Å²) in [6, 6.07) is 12.3. The summed E-state index contributed by atoms with van der Waals surface area (Å²) in [5.74, 6) is 0.0710. The van der Waals surface area contributed by atoms with Crippen LogP contribution in [-0.4, -0.2) is 34.3 Å². The number of rotatable bonds is 3. The van der Waals surface area contributed by atoms with E-state index in [1.165, 1.54) is 5.56 Å². The molecule has 1 aromatic carbocycles. The van der Waals surface area contributed by atoms with Gasteiger partial charge in [-0.1, -0.05) is 35.9 Å². The van der Waals surface area contributed by atoms with Crippen molar-refractivity contribution < 1.29 is 4.79 Å². The second-order valence-corrected chi connectivity index (χ2v) is 6.17. The van der Waals surface area contributed by atoms with Gasteiger partial charge in [-0.3, -0.25) is 4.79 Å². The molecular weight excluding hydrogens is 366 g/mol. The Bertz CT molecular complexity index is 866. The molecule has 24 heavy (non-hydrogen) atoms. The van der Waals surface area contributed by atoms with E-state index in [9.17, 15) is 4.79 Å². The highest BCUT2D eigenvalue weighted by atomic mass is 79.9. The Kier molecular flexibility index (Phi) is 5.44. The lowest BCUT2D eigenvalue weighted by atomic mass is 10.1. The number of likely N-dealkylation sites (N-methyl/N-ethyl adjacent to an activating group) is 1. The average molecular weight is 388 g/mol. The van der Waals surface area contributed by atoms with Crippen molar-refractivity contribution in [2.24, 2.45) is 0 Å². The maximum atomic E-state index is 12.3. The minimum Gasteiger partial charge on any atom is -0.348 e. The summed E-state index contributed by atoms with van der Waals surface area (Å²) in [6.07, 6.45) is 2.37. The molecule has 0 saturated carbocycles. The number of amides is 1. The fourth-order valence-corrected chi connectivity index (χ4v) is 2.61. The summed E-state index contributed by atoms with van der Waals surface area (Å²) in [7, 11) is 3.56. The summed E-state index contributed by atoms with van der Waals surface area (Å²) in [5, 5.41) is 0. The zero-order valence-corrected chi connectivity index (χ0v) is 16.1. The van der Waals surface area contributed by atoms with E-state index in [1.54, 1.807) is 19.0 Å². The molecule has 0 fully saturated rings. The van der Waals surface area contributed by atoms with Crippen LogP contribution in [0.5, 0.6) is 0 Å². The van der Waals surface area contributed by atoms with E-state index in [0.717, 1.165) is 28.2 Å². The molecule has 4 nitrogen and oxygen atoms in total. The maximum Gasteiger partial charge on any atom is 0.228 e. The van der Waals surface area contributed by atoms with E-state index in [-0.39, 0.29) is 22.9 Å². The third-order valence-electron chi connectivity index (χ3n) is 4.01. The Labute approximate surface area is 152 Å². The lowest BCUT2D eigenvalue weighted by Crippen LogP contribution is -2.24. The quantitative estimate of drug-likeness (QED) is 0.684. The van der Waals surface area contributed by atoms with E-state index in [0.29, 0.717) is 6.42 Å². The summed E-state index contributed by atoms with van der Waals surface area (Å²) in [5.41, 5.74) is 6.08. The summed E-state index contributed by atoms with van der Waals surface area (Å²) < 4.78 is 2.03. The lowest BCUT2D eigenvalue weighted by Gasteiger charge is -2.11. The predicted molar refractivity (Wildman–Crippen MR) is 103 cm³/mol. The van der Waals surface area contributed by atoms with Gasteiger partial charge in [-0.25, -0.2) is 4.98 Å². The van der Waals surface area contributed by atoms with Gasteiger partial charge in [-0.15, -0.1) is 17.0 Å². The van der Waals surface area contributed by atoms with Gasteiger partial charge in [0.25, 0.3) is 0 Å². The molecule has 0 radical (unpaired) electrons. The predicted octanol–water partition coefficient (Wildman–Crippen LogP) is 3.83. The molecule has 0 bridgehead atoms. The molecule has 3 rings (SSSR count). The van der Waals surface area contributed by atoms with Gasteiger partial charge in [0.15, 0.2) is 0 Å². The minimum absolute atomic E-state index is 0. The van der Waals surface area contributed by atoms with Crippen molar-refractivity contribution >= 4 is 28.5 Å². The molecule has 0 aliphatic rings. The standard InChI is InChI=1S/C19H21N3O.BrH/c1-13-5-8-15(9-6-13)19-16(11-18(23)21(3)4)22-12-14(2)7-10-17(22)20-19;/h5-10,12H,11H2,1-4H3;1H. The number of carbonyl (C=O) groups excluding carboxylic acids is 1. The van der Waals surface area contributed by atoms with E-state index in [1.807, 2.05) is 29.7 Å². The normalized spacial score (nSPS) is 10.5. The highest BCUT2D eigenvalue weighted by Crippen LogP contribution is 2.26. The second-order valence-electron chi connectivity index (χ2n) is 6.17. The molecule has 3 aromatic rings. The number of aromatic nitrogens is 2. The van der Waals surface area contributed by atoms with E-state index in [2.05, 4.69) is 31.2 Å². The fourth-order valence-electron chi connectivity index (χ4n) is 2.61. The number of pyridine rings is 1. The maximum absolute atomic E-state index is 12.3. The molecule has 0 spiro atoms. The fraction of sp³-hybridized carbons (Fsp3) is 0.263. The first kappa shape index (κ1) is 18.2. The van der Waals surface area contributed by atoms with Crippen molar-refractivity contribution in [3.05, 3.63) is 59.4 Å². The molecule has 2 heterocycles. The van der Waals surface area contributed by atoms with Gasteiger partial charge in [-0.05, 0) is 25.5 Å². The van der Waals surface area contributed by atoms with Crippen molar-refractivity contribution in [3.63, 3.8) is 0 Å². The number of hydrogen-bond acceptors (Lipinski definition) is 2. The number of halogens is 1. The first-order valence-electron chi connectivity index (χ1n) is 7.70. The number of benzene rings is 1. The number of hydrogen-bond donors (Lipinski definition) is 0. The molecular formula is C19H22BrN3O. The topological polar surface area (TPSA) is 37.6 Å². The van der Waals surface area contributed by atoms with E-state index < -0.39 is 0 Å². The first-order valence-corrected chi connectivity index (χ1v) is 7.70. The Balaban J connectivity index is 0.00000208. The van der Waals surface area contributed by atoms with Crippen LogP contribution in [0.3, 0.4) is 0 Å². The Hall–Kier alpha value is -2.14. The van der Waals surface area contributed by atoms with Crippen molar-refractivity contribution in [2.45, 2.75) is 20.3 Å². The van der Waals surface area contributed by atoms with Crippen LogP contribution >= 0.6 is 17.0 Å². The monoisotopic (exact) mass is 387 g/mol. The summed E-state index contributed by atoms with van der Waals surface area (Å²) in [4.78, 5) is 18.6. The molecule has 0 saturated heterocycles. The number of carbonyl (C=O) groups is 1. The second kappa shape index (κ2) is 7.18. The third-order valence-corrected chi connectivity index (χ3v) is 4.01. The minimum atomic E-state index is 0. The number of nitrogens with zero attached hydrogens (tertiary/aromatic N) is 3. The van der Waals surface area contributed by atoms with Gasteiger partial charge in [0.2, 0.25) is 5.91 Å². The van der Waals surface area contributed by atoms with Gasteiger partial charge < -0.3 is 9.30 Å². The third kappa shape index (κ3) is 3.51. The molecule has 0 atom stereocenters. The Morgan fingerprint density at radius 2 is 1.67 bits per heavy atom. The van der Waals surface area contributed by atoms with E-state index >= 15 is 0 Å². The summed E-state index contributed by atoms with van der Waals surface area (Å²) in [6.45, 7) is 4.11. The van der Waals surface area contributed by atoms with Crippen molar-refractivity contribution in [3.8, 4) is 11.3 Å². The van der Waals surface area contributed by atoms with Crippen LogP contribution in [0, 0.1) is 13.8 Å². The van der Waals surface area contributed by atoms with Crippen LogP contribution in [0.25, 0.3) is 16.9 Å². The van der Waals surface area contributed by atoms with Gasteiger partial charge in [0, 0.05) is 25.9 Å². The number of fused-ring (bicyclic) bond motifs is 1. The van der Waals surface area contributed by atoms with Crippen LogP contribution in [0.1, 0.15) is 16.8 Å². The Morgan fingerprint density at radius 3 is 2.29 bits per heavy atom. The first-order chi connectivity index (χ1) is 11.0. The summed E-state index contributed by atoms with van der Waals surface area (Å²) >= 11 is 0. The van der Waals surface area contributed by atoms with Crippen LogP contribution < -0.4 is 0 Å². The zero-order chi connectivity index (χ0) is 16.6. The smallest absolute Gasteiger partial charge is 0.228 e. The number of imidazole rings is 1. The van der Waals surface area contributed by atoms with Crippen LogP contribution in [0.4, 0.5) is 0 Å². The SMILES string of the molecule is Br.Cc1ccc(-c2nc3ccc(C)cn3c2CC(=O)N(C)C)cc1. The zero-order valence-electron chi connectivity index (χ0n) is 14.4. The molecule has 1 amide bonds. The molecule has 126 valence electrons. The molecule has 0 N–H and O–H groups in total. The van der Waals surface area contributed by atoms with Crippen LogP contribution in [0.15, 0.2) is 42.6 Å². The van der Waals surface area contributed by atoms with Crippen molar-refractivity contribution in [1.29, 1.82) is 0 Å². The van der Waals surface area contributed by atoms with Gasteiger partial charge in [0.05, 0.1) is 17.8 Å². The number of aryl methyl sites for hydroxylation is 2. The molecule has 0 unspecified atom stereocenters. The highest BCUT2D eigenvalue weighted by molar-refractivity contribution is 8.93. The van der Waals surface area contributed by atoms with Crippen molar-refractivity contribution in [1.82, 2.24) is 14.3 Å². The van der Waals surface area contributed by atoms with Gasteiger partial charge in [-0.2, -0.15) is 0 Å². The van der Waals surface area contributed by atoms with Crippen LogP contribution in [-0.2, 0) is 11.2 Å². The van der Waals surface area contributed by atoms with Crippen molar-refractivity contribution in [2.75, 3.05) is 14.1 Å². The van der Waals surface area contributed by atoms with E-state index in [4.69, 9.17) is 4.98 Å². The average Bonchev–Trinajstić information content (AvgIpc) is 2.86.